The summed E-state index contributed by atoms with van der Waals surface area (Å²) in [5.74, 6) is -0.586. The van der Waals surface area contributed by atoms with E-state index in [-0.39, 0.29) is 11.7 Å². The molecule has 17 heavy (non-hydrogen) atoms. The Balaban J connectivity index is 2.06. The minimum Gasteiger partial charge on any atom is -0.392 e. The Hall–Kier alpha value is -1.46. The summed E-state index contributed by atoms with van der Waals surface area (Å²) in [5.41, 5.74) is 0.887. The van der Waals surface area contributed by atoms with Gasteiger partial charge in [0.25, 0.3) is 0 Å². The first-order valence-electron chi connectivity index (χ1n) is 5.55. The topological polar surface area (TPSA) is 61.4 Å². The number of β-amino-alcohol motifs (C(OH)–C–C–N with tert-alkyl or cyclic N) is 1. The third-order valence-corrected chi connectivity index (χ3v) is 2.95. The number of carbonyl (C=O) groups excluding carboxylic acids is 1. The minimum atomic E-state index is -0.487. The summed E-state index contributed by atoms with van der Waals surface area (Å²) in [4.78, 5) is 11.8. The lowest BCUT2D eigenvalue weighted by atomic mass is 10.1. The van der Waals surface area contributed by atoms with Crippen LogP contribution in [0.25, 0.3) is 0 Å². The van der Waals surface area contributed by atoms with Gasteiger partial charge in [-0.15, -0.1) is 0 Å². The molecule has 2 unspecified atom stereocenters. The number of anilines is 1. The number of nitrogens with one attached hydrogen (secondary N) is 2. The third-order valence-electron chi connectivity index (χ3n) is 2.95. The van der Waals surface area contributed by atoms with E-state index in [1.54, 1.807) is 19.1 Å². The van der Waals surface area contributed by atoms with Crippen molar-refractivity contribution in [1.82, 2.24) is 5.32 Å². The van der Waals surface area contributed by atoms with Gasteiger partial charge in [-0.25, -0.2) is 4.39 Å². The molecular formula is C12H15FN2O2. The lowest BCUT2D eigenvalue weighted by molar-refractivity contribution is -0.117. The van der Waals surface area contributed by atoms with Gasteiger partial charge in [0, 0.05) is 17.8 Å². The quantitative estimate of drug-likeness (QED) is 0.714. The molecule has 1 heterocycles. The average molecular weight is 238 g/mol. The number of benzene rings is 1. The molecule has 0 bridgehead atoms. The zero-order valence-corrected chi connectivity index (χ0v) is 9.53. The first-order chi connectivity index (χ1) is 8.08. The van der Waals surface area contributed by atoms with Gasteiger partial charge < -0.3 is 15.7 Å². The summed E-state index contributed by atoms with van der Waals surface area (Å²) < 4.78 is 13.3. The van der Waals surface area contributed by atoms with Crippen molar-refractivity contribution in [2.45, 2.75) is 25.5 Å². The van der Waals surface area contributed by atoms with Crippen LogP contribution < -0.4 is 10.6 Å². The molecular weight excluding hydrogens is 223 g/mol. The molecule has 0 aliphatic carbocycles. The van der Waals surface area contributed by atoms with Gasteiger partial charge in [-0.1, -0.05) is 6.07 Å². The van der Waals surface area contributed by atoms with Crippen LogP contribution in [0.1, 0.15) is 12.0 Å². The van der Waals surface area contributed by atoms with Crippen LogP contribution >= 0.6 is 0 Å². The van der Waals surface area contributed by atoms with Crippen molar-refractivity contribution in [2.24, 2.45) is 0 Å². The fourth-order valence-corrected chi connectivity index (χ4v) is 1.88. The molecule has 1 aromatic rings. The van der Waals surface area contributed by atoms with Crippen molar-refractivity contribution in [3.8, 4) is 0 Å². The Morgan fingerprint density at radius 1 is 1.59 bits per heavy atom. The predicted molar refractivity (Wildman–Crippen MR) is 62.2 cm³/mol. The molecule has 5 heteroatoms. The summed E-state index contributed by atoms with van der Waals surface area (Å²) in [6.07, 6.45) is -0.0976. The molecule has 0 radical (unpaired) electrons. The molecule has 3 N–H and O–H groups in total. The number of hydrogen-bond donors (Lipinski definition) is 3. The SMILES string of the molecule is Cc1c(F)cccc1NC(=O)C1CC(O)CN1. The maximum atomic E-state index is 13.3. The van der Waals surface area contributed by atoms with Crippen LogP contribution in [0.15, 0.2) is 18.2 Å². The molecule has 1 aliphatic heterocycles. The van der Waals surface area contributed by atoms with Crippen molar-refractivity contribution in [1.29, 1.82) is 0 Å². The highest BCUT2D eigenvalue weighted by Crippen LogP contribution is 2.18. The molecule has 2 atom stereocenters. The minimum absolute atomic E-state index is 0.241. The molecule has 1 fully saturated rings. The van der Waals surface area contributed by atoms with E-state index < -0.39 is 12.1 Å². The second-order valence-corrected chi connectivity index (χ2v) is 4.25. The lowest BCUT2D eigenvalue weighted by Gasteiger charge is -2.13. The fraction of sp³-hybridized carbons (Fsp3) is 0.417. The van der Waals surface area contributed by atoms with E-state index in [4.69, 9.17) is 0 Å². The van der Waals surface area contributed by atoms with Crippen LogP contribution in [0.2, 0.25) is 0 Å². The van der Waals surface area contributed by atoms with E-state index >= 15 is 0 Å². The van der Waals surface area contributed by atoms with E-state index in [0.717, 1.165) is 0 Å². The van der Waals surface area contributed by atoms with Gasteiger partial charge >= 0.3 is 0 Å². The van der Waals surface area contributed by atoms with Gasteiger partial charge in [-0.05, 0) is 25.5 Å². The van der Waals surface area contributed by atoms with Crippen molar-refractivity contribution in [3.63, 3.8) is 0 Å². The first-order valence-corrected chi connectivity index (χ1v) is 5.55. The van der Waals surface area contributed by atoms with Gasteiger partial charge in [0.05, 0.1) is 12.1 Å². The standard InChI is InChI=1S/C12H15FN2O2/c1-7-9(13)3-2-4-10(7)15-12(17)11-5-8(16)6-14-11/h2-4,8,11,14,16H,5-6H2,1H3,(H,15,17). The smallest absolute Gasteiger partial charge is 0.241 e. The zero-order chi connectivity index (χ0) is 12.4. The fourth-order valence-electron chi connectivity index (χ4n) is 1.88. The monoisotopic (exact) mass is 238 g/mol. The largest absolute Gasteiger partial charge is 0.392 e. The third kappa shape index (κ3) is 2.62. The molecule has 1 saturated heterocycles. The van der Waals surface area contributed by atoms with Gasteiger partial charge in [-0.3, -0.25) is 4.79 Å². The molecule has 1 aromatic carbocycles. The zero-order valence-electron chi connectivity index (χ0n) is 9.53. The van der Waals surface area contributed by atoms with Gasteiger partial charge in [-0.2, -0.15) is 0 Å². The first kappa shape index (κ1) is 12.0. The summed E-state index contributed by atoms with van der Waals surface area (Å²) in [6.45, 7) is 2.03. The highest BCUT2D eigenvalue weighted by atomic mass is 19.1. The van der Waals surface area contributed by atoms with E-state index in [1.807, 2.05) is 0 Å². The van der Waals surface area contributed by atoms with Crippen LogP contribution in [0.5, 0.6) is 0 Å². The summed E-state index contributed by atoms with van der Waals surface area (Å²) >= 11 is 0. The Morgan fingerprint density at radius 2 is 2.35 bits per heavy atom. The predicted octanol–water partition coefficient (Wildman–Crippen LogP) is 0.795. The van der Waals surface area contributed by atoms with Crippen LogP contribution in [-0.4, -0.2) is 29.7 Å². The molecule has 4 nitrogen and oxygen atoms in total. The molecule has 0 aromatic heterocycles. The number of halogens is 1. The summed E-state index contributed by atoms with van der Waals surface area (Å²) in [6, 6.07) is 4.15. The Kier molecular flexibility index (Phi) is 3.40. The summed E-state index contributed by atoms with van der Waals surface area (Å²) in [7, 11) is 0. The average Bonchev–Trinajstić information content (AvgIpc) is 2.72. The Labute approximate surface area is 98.8 Å². The second kappa shape index (κ2) is 4.81. The number of hydrogen-bond acceptors (Lipinski definition) is 3. The number of amides is 1. The maximum Gasteiger partial charge on any atom is 0.241 e. The highest BCUT2D eigenvalue weighted by Gasteiger charge is 2.28. The molecule has 1 amide bonds. The van der Waals surface area contributed by atoms with Crippen molar-refractivity contribution >= 4 is 11.6 Å². The Bertz CT molecular complexity index is 437. The maximum absolute atomic E-state index is 13.3. The number of carbonyl (C=O) groups is 1. The van der Waals surface area contributed by atoms with E-state index in [2.05, 4.69) is 10.6 Å². The van der Waals surface area contributed by atoms with Gasteiger partial charge in [0.1, 0.15) is 5.82 Å². The molecule has 0 spiro atoms. The molecule has 0 saturated carbocycles. The summed E-state index contributed by atoms with van der Waals surface area (Å²) in [5, 5.41) is 14.9. The van der Waals surface area contributed by atoms with Crippen molar-refractivity contribution < 1.29 is 14.3 Å². The van der Waals surface area contributed by atoms with Crippen LogP contribution in [-0.2, 0) is 4.79 Å². The van der Waals surface area contributed by atoms with E-state index in [9.17, 15) is 14.3 Å². The number of aliphatic hydroxyl groups excluding tert-OH is 1. The Morgan fingerprint density at radius 3 is 3.00 bits per heavy atom. The highest BCUT2D eigenvalue weighted by molar-refractivity contribution is 5.95. The molecule has 92 valence electrons. The van der Waals surface area contributed by atoms with Crippen LogP contribution in [0.3, 0.4) is 0 Å². The normalized spacial score (nSPS) is 23.7. The van der Waals surface area contributed by atoms with Crippen LogP contribution in [0.4, 0.5) is 10.1 Å². The number of aliphatic hydroxyl groups is 1. The lowest BCUT2D eigenvalue weighted by Crippen LogP contribution is -2.35. The van der Waals surface area contributed by atoms with Crippen molar-refractivity contribution in [2.75, 3.05) is 11.9 Å². The molecule has 1 aliphatic rings. The number of rotatable bonds is 2. The second-order valence-electron chi connectivity index (χ2n) is 4.25. The van der Waals surface area contributed by atoms with E-state index in [0.29, 0.717) is 24.2 Å². The van der Waals surface area contributed by atoms with Gasteiger partial charge in [0.15, 0.2) is 0 Å². The molecule has 2 rings (SSSR count). The van der Waals surface area contributed by atoms with E-state index in [1.165, 1.54) is 6.07 Å². The van der Waals surface area contributed by atoms with Gasteiger partial charge in [0.2, 0.25) is 5.91 Å². The van der Waals surface area contributed by atoms with Crippen molar-refractivity contribution in [3.05, 3.63) is 29.6 Å². The van der Waals surface area contributed by atoms with Crippen LogP contribution in [0, 0.1) is 12.7 Å².